The van der Waals surface area contributed by atoms with Crippen LogP contribution in [0.1, 0.15) is 87.8 Å². The molecule has 0 N–H and O–H groups in total. The third kappa shape index (κ3) is 8.34. The van der Waals surface area contributed by atoms with Crippen molar-refractivity contribution in [1.29, 1.82) is 0 Å². The summed E-state index contributed by atoms with van der Waals surface area (Å²) in [6.07, 6.45) is 14.8. The topological polar surface area (TPSA) is 38.7 Å². The zero-order valence-electron chi connectivity index (χ0n) is 23.5. The lowest BCUT2D eigenvalue weighted by atomic mass is 10.0. The summed E-state index contributed by atoms with van der Waals surface area (Å²) in [5.41, 5.74) is 6.87. The first-order valence-electron chi connectivity index (χ1n) is 14.6. The van der Waals surface area contributed by atoms with Crippen molar-refractivity contribution in [2.45, 2.75) is 91.4 Å². The summed E-state index contributed by atoms with van der Waals surface area (Å²) in [5.74, 6) is 2.14. The van der Waals surface area contributed by atoms with Crippen LogP contribution in [-0.4, -0.2) is 15.0 Å². The van der Waals surface area contributed by atoms with Gasteiger partial charge in [0.1, 0.15) is 0 Å². The second-order valence-corrected chi connectivity index (χ2v) is 10.7. The highest BCUT2D eigenvalue weighted by Gasteiger charge is 2.12. The van der Waals surface area contributed by atoms with Crippen molar-refractivity contribution in [3.8, 4) is 34.2 Å². The lowest BCUT2D eigenvalue weighted by Gasteiger charge is -2.09. The van der Waals surface area contributed by atoms with Crippen LogP contribution in [0.4, 0.5) is 0 Å². The molecule has 0 amide bonds. The molecule has 0 aliphatic rings. The van der Waals surface area contributed by atoms with Gasteiger partial charge in [-0.2, -0.15) is 0 Å². The van der Waals surface area contributed by atoms with E-state index in [1.54, 1.807) is 0 Å². The Kier molecular flexibility index (Phi) is 10.6. The van der Waals surface area contributed by atoms with Gasteiger partial charge in [-0.1, -0.05) is 149 Å². The van der Waals surface area contributed by atoms with E-state index in [1.807, 2.05) is 0 Å². The summed E-state index contributed by atoms with van der Waals surface area (Å²) in [6, 6.07) is 25.6. The van der Waals surface area contributed by atoms with Gasteiger partial charge >= 0.3 is 0 Å². The Morgan fingerprint density at radius 3 is 1.16 bits per heavy atom. The van der Waals surface area contributed by atoms with E-state index in [-0.39, 0.29) is 0 Å². The van der Waals surface area contributed by atoms with E-state index in [9.17, 15) is 0 Å². The molecular formula is C35H43N3. The van der Waals surface area contributed by atoms with Gasteiger partial charge in [-0.25, -0.2) is 15.0 Å². The molecule has 0 spiro atoms. The van der Waals surface area contributed by atoms with E-state index in [0.29, 0.717) is 11.6 Å². The molecule has 0 saturated carbocycles. The van der Waals surface area contributed by atoms with E-state index >= 15 is 0 Å². The van der Waals surface area contributed by atoms with Gasteiger partial charge in [0.05, 0.1) is 0 Å². The number of hydrogen-bond donors (Lipinski definition) is 0. The van der Waals surface area contributed by atoms with Gasteiger partial charge in [-0.3, -0.25) is 0 Å². The Labute approximate surface area is 229 Å². The molecule has 0 saturated heterocycles. The minimum atomic E-state index is 0.708. The first kappa shape index (κ1) is 27.7. The maximum absolute atomic E-state index is 4.88. The second-order valence-electron chi connectivity index (χ2n) is 10.7. The number of rotatable bonds is 14. The van der Waals surface area contributed by atoms with E-state index in [4.69, 9.17) is 15.0 Å². The van der Waals surface area contributed by atoms with Gasteiger partial charge in [-0.15, -0.1) is 0 Å². The van der Waals surface area contributed by atoms with Crippen LogP contribution in [0.3, 0.4) is 0 Å². The molecule has 4 aromatic rings. The number of aryl methyl sites for hydroxylation is 3. The van der Waals surface area contributed by atoms with Crippen LogP contribution in [0, 0.1) is 13.8 Å². The Bertz CT molecular complexity index is 1180. The summed E-state index contributed by atoms with van der Waals surface area (Å²) in [4.78, 5) is 14.6. The van der Waals surface area contributed by atoms with Crippen molar-refractivity contribution >= 4 is 0 Å². The molecule has 3 heteroatoms. The molecule has 38 heavy (non-hydrogen) atoms. The fraction of sp³-hybridized carbons (Fsp3) is 0.400. The third-order valence-corrected chi connectivity index (χ3v) is 7.29. The van der Waals surface area contributed by atoms with Crippen molar-refractivity contribution in [2.24, 2.45) is 0 Å². The van der Waals surface area contributed by atoms with Crippen molar-refractivity contribution in [2.75, 3.05) is 0 Å². The van der Waals surface area contributed by atoms with Crippen LogP contribution < -0.4 is 0 Å². The molecule has 0 radical (unpaired) electrons. The molecule has 0 aliphatic heterocycles. The normalized spacial score (nSPS) is 11.1. The van der Waals surface area contributed by atoms with Crippen LogP contribution in [0.15, 0.2) is 72.8 Å². The lowest BCUT2D eigenvalue weighted by Crippen LogP contribution is -2.00. The predicted octanol–water partition coefficient (Wildman–Crippen LogP) is 9.95. The second kappa shape index (κ2) is 14.6. The first-order chi connectivity index (χ1) is 18.6. The molecule has 0 fully saturated rings. The average Bonchev–Trinajstić information content (AvgIpc) is 2.95. The number of unbranched alkanes of at least 4 members (excludes halogenated alkanes) is 9. The monoisotopic (exact) mass is 505 g/mol. The Hall–Kier alpha value is -3.33. The molecule has 4 rings (SSSR count). The minimum Gasteiger partial charge on any atom is -0.208 e. The van der Waals surface area contributed by atoms with Crippen LogP contribution in [-0.2, 0) is 6.42 Å². The lowest BCUT2D eigenvalue weighted by molar-refractivity contribution is 0.556. The Balaban J connectivity index is 1.40. The van der Waals surface area contributed by atoms with Crippen LogP contribution in [0.2, 0.25) is 0 Å². The number of hydrogen-bond acceptors (Lipinski definition) is 3. The van der Waals surface area contributed by atoms with Crippen LogP contribution in [0.5, 0.6) is 0 Å². The van der Waals surface area contributed by atoms with Gasteiger partial charge in [0.2, 0.25) is 0 Å². The van der Waals surface area contributed by atoms with Crippen LogP contribution >= 0.6 is 0 Å². The first-order valence-corrected chi connectivity index (χ1v) is 14.6. The van der Waals surface area contributed by atoms with Crippen molar-refractivity contribution in [1.82, 2.24) is 15.0 Å². The van der Waals surface area contributed by atoms with E-state index in [1.165, 1.54) is 80.9 Å². The molecule has 1 aromatic heterocycles. The maximum Gasteiger partial charge on any atom is 0.164 e. The molecule has 0 aliphatic carbocycles. The van der Waals surface area contributed by atoms with Gasteiger partial charge in [0.15, 0.2) is 17.5 Å². The van der Waals surface area contributed by atoms with Crippen molar-refractivity contribution in [3.05, 3.63) is 89.5 Å². The molecule has 0 atom stereocenters. The highest BCUT2D eigenvalue weighted by atomic mass is 15.0. The molecule has 198 valence electrons. The third-order valence-electron chi connectivity index (χ3n) is 7.29. The molecule has 1 heterocycles. The summed E-state index contributed by atoms with van der Waals surface area (Å²) in [7, 11) is 0. The fourth-order valence-electron chi connectivity index (χ4n) is 4.81. The summed E-state index contributed by atoms with van der Waals surface area (Å²) >= 11 is 0. The zero-order chi connectivity index (χ0) is 26.6. The molecular weight excluding hydrogens is 462 g/mol. The Morgan fingerprint density at radius 2 is 0.763 bits per heavy atom. The van der Waals surface area contributed by atoms with Crippen molar-refractivity contribution < 1.29 is 0 Å². The van der Waals surface area contributed by atoms with E-state index in [2.05, 4.69) is 93.6 Å². The summed E-state index contributed by atoms with van der Waals surface area (Å²) in [5, 5.41) is 0. The molecule has 0 unspecified atom stereocenters. The minimum absolute atomic E-state index is 0.708. The smallest absolute Gasteiger partial charge is 0.164 e. The quantitative estimate of drug-likeness (QED) is 0.160. The van der Waals surface area contributed by atoms with Gasteiger partial charge in [-0.05, 0) is 32.3 Å². The predicted molar refractivity (Wildman–Crippen MR) is 161 cm³/mol. The molecule has 0 bridgehead atoms. The summed E-state index contributed by atoms with van der Waals surface area (Å²) < 4.78 is 0. The van der Waals surface area contributed by atoms with E-state index in [0.717, 1.165) is 28.9 Å². The fourth-order valence-corrected chi connectivity index (χ4v) is 4.81. The number of nitrogens with zero attached hydrogens (tertiary/aromatic N) is 3. The SMILES string of the molecule is CCCCCCCCCCCCc1ccc(-c2nc(-c3ccc(C)cc3)nc(-c3ccc(C)cc3)n2)cc1. The average molecular weight is 506 g/mol. The highest BCUT2D eigenvalue weighted by Crippen LogP contribution is 2.25. The van der Waals surface area contributed by atoms with Crippen molar-refractivity contribution in [3.63, 3.8) is 0 Å². The largest absolute Gasteiger partial charge is 0.208 e. The Morgan fingerprint density at radius 1 is 0.421 bits per heavy atom. The highest BCUT2D eigenvalue weighted by molar-refractivity contribution is 5.66. The zero-order valence-corrected chi connectivity index (χ0v) is 23.5. The van der Waals surface area contributed by atoms with Gasteiger partial charge < -0.3 is 0 Å². The summed E-state index contributed by atoms with van der Waals surface area (Å²) in [6.45, 7) is 6.47. The number of benzene rings is 3. The number of aromatic nitrogens is 3. The van der Waals surface area contributed by atoms with Gasteiger partial charge in [0, 0.05) is 16.7 Å². The van der Waals surface area contributed by atoms with Gasteiger partial charge in [0.25, 0.3) is 0 Å². The maximum atomic E-state index is 4.88. The van der Waals surface area contributed by atoms with E-state index < -0.39 is 0 Å². The molecule has 3 aromatic carbocycles. The molecule has 3 nitrogen and oxygen atoms in total. The standard InChI is InChI=1S/C35H43N3/c1-4-5-6-7-8-9-10-11-12-13-14-29-19-25-32(26-20-29)35-37-33(30-21-15-27(2)16-22-30)36-34(38-35)31-23-17-28(3)18-24-31/h15-26H,4-14H2,1-3H3. The van der Waals surface area contributed by atoms with Crippen LogP contribution in [0.25, 0.3) is 34.2 Å².